The monoisotopic (exact) mass is 287 g/mol. The number of hydrogen-bond acceptors (Lipinski definition) is 3. The highest BCUT2D eigenvalue weighted by Crippen LogP contribution is 2.25. The Morgan fingerprint density at radius 3 is 2.57 bits per heavy atom. The van der Waals surface area contributed by atoms with Crippen LogP contribution in [0.1, 0.15) is 38.5 Å². The quantitative estimate of drug-likeness (QED) is 0.430. The molecular weight excluding hydrogens is 262 g/mol. The molecule has 0 unspecified atom stereocenters. The number of hydrogen-bond donors (Lipinski definition) is 1. The first-order chi connectivity index (χ1) is 10.2. The van der Waals surface area contributed by atoms with E-state index in [-0.39, 0.29) is 11.7 Å². The van der Waals surface area contributed by atoms with Crippen molar-refractivity contribution in [1.82, 2.24) is 0 Å². The number of aliphatic hydroxyl groups is 1. The van der Waals surface area contributed by atoms with Gasteiger partial charge in [-0.1, -0.05) is 38.0 Å². The number of ketones is 1. The smallest absolute Gasteiger partial charge is 0.139 e. The summed E-state index contributed by atoms with van der Waals surface area (Å²) in [4.78, 5) is 16.1. The zero-order valence-electron chi connectivity index (χ0n) is 12.8. The van der Waals surface area contributed by atoms with Crippen LogP contribution in [0.4, 0.5) is 0 Å². The number of carbonyl (C=O) groups is 1. The Morgan fingerprint density at radius 2 is 1.95 bits per heavy atom. The lowest BCUT2D eigenvalue weighted by atomic mass is 9.85. The van der Waals surface area contributed by atoms with Gasteiger partial charge in [-0.15, -0.1) is 0 Å². The highest BCUT2D eigenvalue weighted by Gasteiger charge is 2.19. The molecular formula is C18H25NO2. The summed E-state index contributed by atoms with van der Waals surface area (Å²) in [6.45, 7) is 3.51. The molecule has 0 amide bonds. The summed E-state index contributed by atoms with van der Waals surface area (Å²) in [6.07, 6.45) is 16.1. The molecule has 0 saturated heterocycles. The summed E-state index contributed by atoms with van der Waals surface area (Å²) < 4.78 is 0. The van der Waals surface area contributed by atoms with Crippen molar-refractivity contribution in [1.29, 1.82) is 0 Å². The van der Waals surface area contributed by atoms with E-state index in [4.69, 9.17) is 0 Å². The Morgan fingerprint density at radius 1 is 1.24 bits per heavy atom. The van der Waals surface area contributed by atoms with E-state index in [1.807, 2.05) is 12.2 Å². The third-order valence-corrected chi connectivity index (χ3v) is 3.64. The number of rotatable bonds is 7. The van der Waals surface area contributed by atoms with Crippen LogP contribution in [-0.4, -0.2) is 23.6 Å². The van der Waals surface area contributed by atoms with E-state index in [0.717, 1.165) is 18.6 Å². The van der Waals surface area contributed by atoms with Gasteiger partial charge in [0.05, 0.1) is 5.71 Å². The fourth-order valence-corrected chi connectivity index (χ4v) is 2.44. The van der Waals surface area contributed by atoms with Gasteiger partial charge in [0.25, 0.3) is 0 Å². The summed E-state index contributed by atoms with van der Waals surface area (Å²) in [5.41, 5.74) is 0.718. The fourth-order valence-electron chi connectivity index (χ4n) is 2.44. The summed E-state index contributed by atoms with van der Waals surface area (Å²) >= 11 is 0. The minimum atomic E-state index is 0.123. The highest BCUT2D eigenvalue weighted by molar-refractivity contribution is 6.04. The minimum Gasteiger partial charge on any atom is -0.508 e. The van der Waals surface area contributed by atoms with Gasteiger partial charge < -0.3 is 5.11 Å². The lowest BCUT2D eigenvalue weighted by molar-refractivity contribution is -0.122. The van der Waals surface area contributed by atoms with Crippen LogP contribution in [0.3, 0.4) is 0 Å². The van der Waals surface area contributed by atoms with Crippen molar-refractivity contribution in [3.63, 3.8) is 0 Å². The predicted molar refractivity (Wildman–Crippen MR) is 88.7 cm³/mol. The van der Waals surface area contributed by atoms with Crippen molar-refractivity contribution < 1.29 is 9.90 Å². The number of aliphatic imine (C=N–C) groups is 1. The van der Waals surface area contributed by atoms with Gasteiger partial charge in [-0.3, -0.25) is 9.79 Å². The van der Waals surface area contributed by atoms with Crippen molar-refractivity contribution in [3.05, 3.63) is 48.8 Å². The Kier molecular flexibility index (Phi) is 8.10. The summed E-state index contributed by atoms with van der Waals surface area (Å²) in [6, 6.07) is 0. The minimum absolute atomic E-state index is 0.123. The van der Waals surface area contributed by atoms with Gasteiger partial charge in [0.1, 0.15) is 11.5 Å². The number of nitrogens with zero attached hydrogens (tertiary/aromatic N) is 1. The molecule has 0 aromatic rings. The van der Waals surface area contributed by atoms with Gasteiger partial charge >= 0.3 is 0 Å². The molecule has 0 aliphatic heterocycles. The molecule has 114 valence electrons. The molecule has 3 heteroatoms. The fraction of sp³-hybridized carbons (Fsp3) is 0.444. The standard InChI is InChI=1S/C18H25NO2/c1-3-8-17(20)14-13-16(19-2)11-7-12-18(21)15-9-5-4-6-10-15/h3,7-8,11,13-15,20H,1,4-6,9-10,12H2,2H3/b11-7-,14-13+,17-8-,19-16?. The number of aliphatic hydroxyl groups excluding tert-OH is 1. The van der Waals surface area contributed by atoms with E-state index in [1.165, 1.54) is 31.4 Å². The number of allylic oxidation sites excluding steroid dienone is 6. The molecule has 1 N–H and O–H groups in total. The van der Waals surface area contributed by atoms with Crippen molar-refractivity contribution in [2.45, 2.75) is 38.5 Å². The van der Waals surface area contributed by atoms with Crippen LogP contribution < -0.4 is 0 Å². The third-order valence-electron chi connectivity index (χ3n) is 3.64. The molecule has 0 aromatic heterocycles. The zero-order valence-corrected chi connectivity index (χ0v) is 12.8. The first-order valence-electron chi connectivity index (χ1n) is 7.53. The van der Waals surface area contributed by atoms with E-state index in [1.54, 1.807) is 19.2 Å². The van der Waals surface area contributed by atoms with E-state index in [2.05, 4.69) is 11.6 Å². The maximum absolute atomic E-state index is 12.0. The molecule has 1 rings (SSSR count). The van der Waals surface area contributed by atoms with Crippen LogP contribution in [0.25, 0.3) is 0 Å². The maximum atomic E-state index is 12.0. The second-order valence-electron chi connectivity index (χ2n) is 5.22. The van der Waals surface area contributed by atoms with Crippen molar-refractivity contribution in [3.8, 4) is 0 Å². The Labute approximate surface area is 127 Å². The van der Waals surface area contributed by atoms with Gasteiger partial charge in [0.15, 0.2) is 0 Å². The maximum Gasteiger partial charge on any atom is 0.139 e. The molecule has 1 aliphatic carbocycles. The van der Waals surface area contributed by atoms with Crippen LogP contribution in [0.15, 0.2) is 53.8 Å². The van der Waals surface area contributed by atoms with E-state index in [0.29, 0.717) is 12.2 Å². The van der Waals surface area contributed by atoms with E-state index in [9.17, 15) is 9.90 Å². The van der Waals surface area contributed by atoms with Crippen molar-refractivity contribution in [2.75, 3.05) is 7.05 Å². The predicted octanol–water partition coefficient (Wildman–Crippen LogP) is 4.34. The van der Waals surface area contributed by atoms with E-state index < -0.39 is 0 Å². The molecule has 0 radical (unpaired) electrons. The Bertz CT molecular complexity index is 464. The topological polar surface area (TPSA) is 49.7 Å². The number of Topliss-reactive ketones (excluding diaryl/α,β-unsaturated/α-hetero) is 1. The van der Waals surface area contributed by atoms with Crippen LogP contribution in [0.2, 0.25) is 0 Å². The molecule has 0 spiro atoms. The van der Waals surface area contributed by atoms with Gasteiger partial charge in [0, 0.05) is 19.4 Å². The van der Waals surface area contributed by atoms with Crippen LogP contribution in [-0.2, 0) is 4.79 Å². The lowest BCUT2D eigenvalue weighted by Crippen LogP contribution is -2.16. The first kappa shape index (κ1) is 17.2. The molecule has 0 heterocycles. The molecule has 1 aliphatic rings. The average Bonchev–Trinajstić information content (AvgIpc) is 2.51. The number of carbonyl (C=O) groups excluding carboxylic acids is 1. The Balaban J connectivity index is 2.47. The van der Waals surface area contributed by atoms with Gasteiger partial charge in [-0.2, -0.15) is 0 Å². The van der Waals surface area contributed by atoms with Crippen LogP contribution in [0.5, 0.6) is 0 Å². The largest absolute Gasteiger partial charge is 0.508 e. The van der Waals surface area contributed by atoms with Crippen LogP contribution >= 0.6 is 0 Å². The first-order valence-corrected chi connectivity index (χ1v) is 7.53. The third kappa shape index (κ3) is 6.89. The summed E-state index contributed by atoms with van der Waals surface area (Å²) in [5, 5.41) is 9.45. The zero-order chi connectivity index (χ0) is 15.5. The Hall–Kier alpha value is -1.90. The van der Waals surface area contributed by atoms with Gasteiger partial charge in [-0.05, 0) is 37.1 Å². The summed E-state index contributed by atoms with van der Waals surface area (Å²) in [5.74, 6) is 0.707. The highest BCUT2D eigenvalue weighted by atomic mass is 16.3. The normalized spacial score (nSPS) is 18.5. The van der Waals surface area contributed by atoms with Crippen molar-refractivity contribution >= 4 is 11.5 Å². The molecule has 0 aromatic carbocycles. The summed E-state index contributed by atoms with van der Waals surface area (Å²) in [7, 11) is 1.68. The van der Waals surface area contributed by atoms with Crippen molar-refractivity contribution in [2.24, 2.45) is 10.9 Å². The molecule has 3 nitrogen and oxygen atoms in total. The lowest BCUT2D eigenvalue weighted by Gasteiger charge is -2.19. The van der Waals surface area contributed by atoms with Crippen LogP contribution in [0, 0.1) is 5.92 Å². The SMILES string of the molecule is C=C/C=C(O)/C=C/C(/C=C\CC(=O)C1CCCCC1)=NC. The average molecular weight is 287 g/mol. The molecule has 21 heavy (non-hydrogen) atoms. The molecule has 1 fully saturated rings. The molecule has 1 saturated carbocycles. The molecule has 0 bridgehead atoms. The second-order valence-corrected chi connectivity index (χ2v) is 5.22. The van der Waals surface area contributed by atoms with Gasteiger partial charge in [0.2, 0.25) is 0 Å². The van der Waals surface area contributed by atoms with Gasteiger partial charge in [-0.25, -0.2) is 0 Å². The molecule has 0 atom stereocenters. The second kappa shape index (κ2) is 9.92. The van der Waals surface area contributed by atoms with E-state index >= 15 is 0 Å².